The number of nitrogens with two attached hydrogens (primary N) is 1. The van der Waals surface area contributed by atoms with E-state index in [0.717, 1.165) is 11.5 Å². The minimum absolute atomic E-state index is 0.466. The Morgan fingerprint density at radius 1 is 1.53 bits per heavy atom. The zero-order valence-corrected chi connectivity index (χ0v) is 9.38. The van der Waals surface area contributed by atoms with Crippen molar-refractivity contribution in [1.82, 2.24) is 14.8 Å². The van der Waals surface area contributed by atoms with Crippen molar-refractivity contribution in [2.75, 3.05) is 11.1 Å². The van der Waals surface area contributed by atoms with Crippen molar-refractivity contribution < 1.29 is 0 Å². The van der Waals surface area contributed by atoms with E-state index in [1.54, 1.807) is 18.5 Å². The Morgan fingerprint density at radius 3 is 3.00 bits per heavy atom. The molecule has 3 N–H and O–H groups in total. The number of aromatic nitrogens is 3. The van der Waals surface area contributed by atoms with E-state index in [1.165, 1.54) is 0 Å². The molecular weight excluding hydrogens is 216 g/mol. The number of nitrogens with zero attached hydrogens (tertiary/aromatic N) is 4. The van der Waals surface area contributed by atoms with Gasteiger partial charge in [-0.2, -0.15) is 5.26 Å². The molecule has 0 amide bonds. The Kier molecular flexibility index (Phi) is 2.92. The first-order chi connectivity index (χ1) is 8.20. The predicted molar refractivity (Wildman–Crippen MR) is 63.9 cm³/mol. The molecular formula is C11H12N6. The number of hydrogen-bond donors (Lipinski definition) is 2. The van der Waals surface area contributed by atoms with Crippen molar-refractivity contribution in [2.45, 2.75) is 6.54 Å². The molecule has 1 heterocycles. The highest BCUT2D eigenvalue weighted by molar-refractivity contribution is 5.61. The highest BCUT2D eigenvalue weighted by atomic mass is 15.3. The number of nitriles is 1. The molecule has 0 spiro atoms. The van der Waals surface area contributed by atoms with Crippen LogP contribution in [0.15, 0.2) is 24.5 Å². The van der Waals surface area contributed by atoms with Gasteiger partial charge in [0.15, 0.2) is 5.82 Å². The van der Waals surface area contributed by atoms with Crippen LogP contribution in [0.5, 0.6) is 0 Å². The van der Waals surface area contributed by atoms with Gasteiger partial charge in [-0.3, -0.25) is 0 Å². The first kappa shape index (κ1) is 11.0. The maximum atomic E-state index is 8.85. The molecule has 0 bridgehead atoms. The summed E-state index contributed by atoms with van der Waals surface area (Å²) in [5, 5.41) is 19.7. The van der Waals surface area contributed by atoms with E-state index >= 15 is 0 Å². The second-order valence-corrected chi connectivity index (χ2v) is 3.63. The van der Waals surface area contributed by atoms with Crippen LogP contribution >= 0.6 is 0 Å². The number of nitrogens with one attached hydrogen (secondary N) is 1. The second-order valence-electron chi connectivity index (χ2n) is 3.63. The van der Waals surface area contributed by atoms with Crippen molar-refractivity contribution in [2.24, 2.45) is 7.05 Å². The molecule has 0 saturated heterocycles. The fourth-order valence-corrected chi connectivity index (χ4v) is 1.41. The molecule has 0 radical (unpaired) electrons. The van der Waals surface area contributed by atoms with Gasteiger partial charge in [0.2, 0.25) is 0 Å². The fourth-order valence-electron chi connectivity index (χ4n) is 1.41. The van der Waals surface area contributed by atoms with E-state index in [2.05, 4.69) is 15.5 Å². The number of aryl methyl sites for hydroxylation is 1. The lowest BCUT2D eigenvalue weighted by Crippen LogP contribution is -2.06. The summed E-state index contributed by atoms with van der Waals surface area (Å²) in [5.74, 6) is 0.820. The predicted octanol–water partition coefficient (Wildman–Crippen LogP) is 0.881. The Balaban J connectivity index is 2.10. The number of nitrogen functional groups attached to an aromatic ring is 1. The van der Waals surface area contributed by atoms with Crippen LogP contribution in [-0.4, -0.2) is 14.8 Å². The molecule has 0 unspecified atom stereocenters. The first-order valence-electron chi connectivity index (χ1n) is 5.07. The van der Waals surface area contributed by atoms with E-state index < -0.39 is 0 Å². The molecule has 0 aliphatic heterocycles. The van der Waals surface area contributed by atoms with Gasteiger partial charge in [0.25, 0.3) is 0 Å². The molecule has 0 aliphatic carbocycles. The van der Waals surface area contributed by atoms with Crippen LogP contribution in [0.25, 0.3) is 0 Å². The third kappa shape index (κ3) is 2.34. The van der Waals surface area contributed by atoms with Crippen molar-refractivity contribution in [3.05, 3.63) is 35.9 Å². The maximum Gasteiger partial charge on any atom is 0.151 e. The third-order valence-electron chi connectivity index (χ3n) is 2.43. The van der Waals surface area contributed by atoms with Gasteiger partial charge in [-0.05, 0) is 18.2 Å². The van der Waals surface area contributed by atoms with E-state index in [1.807, 2.05) is 23.8 Å². The molecule has 0 aliphatic rings. The lowest BCUT2D eigenvalue weighted by Gasteiger charge is -2.07. The molecule has 17 heavy (non-hydrogen) atoms. The van der Waals surface area contributed by atoms with Gasteiger partial charge in [0.1, 0.15) is 12.4 Å². The summed E-state index contributed by atoms with van der Waals surface area (Å²) in [4.78, 5) is 0. The number of rotatable bonds is 3. The largest absolute Gasteiger partial charge is 0.398 e. The first-order valence-corrected chi connectivity index (χ1v) is 5.07. The van der Waals surface area contributed by atoms with E-state index in [0.29, 0.717) is 17.8 Å². The van der Waals surface area contributed by atoms with E-state index in [-0.39, 0.29) is 0 Å². The normalized spacial score (nSPS) is 9.88. The average molecular weight is 228 g/mol. The minimum Gasteiger partial charge on any atom is -0.398 e. The molecule has 1 aromatic heterocycles. The topological polar surface area (TPSA) is 92.6 Å². The molecule has 0 fully saturated rings. The second kappa shape index (κ2) is 4.53. The summed E-state index contributed by atoms with van der Waals surface area (Å²) in [6, 6.07) is 7.29. The van der Waals surface area contributed by atoms with Crippen molar-refractivity contribution >= 4 is 11.4 Å². The standard InChI is InChI=1S/C11H12N6/c1-17-7-15-16-11(17)6-14-9-2-3-10(13)8(4-9)5-12/h2-4,7,14H,6,13H2,1H3. The Bertz CT molecular complexity index is 566. The van der Waals surface area contributed by atoms with Crippen LogP contribution in [0.2, 0.25) is 0 Å². The van der Waals surface area contributed by atoms with Crippen molar-refractivity contribution in [3.8, 4) is 6.07 Å². The Morgan fingerprint density at radius 2 is 2.35 bits per heavy atom. The van der Waals surface area contributed by atoms with Crippen LogP contribution < -0.4 is 11.1 Å². The fraction of sp³-hybridized carbons (Fsp3) is 0.182. The van der Waals surface area contributed by atoms with E-state index in [4.69, 9.17) is 11.0 Å². The molecule has 2 rings (SSSR count). The monoisotopic (exact) mass is 228 g/mol. The summed E-state index contributed by atoms with van der Waals surface area (Å²) in [5.41, 5.74) is 7.42. The number of benzene rings is 1. The summed E-state index contributed by atoms with van der Waals surface area (Å²) in [6.45, 7) is 0.547. The average Bonchev–Trinajstić information content (AvgIpc) is 2.74. The van der Waals surface area contributed by atoms with Gasteiger partial charge in [0, 0.05) is 18.4 Å². The minimum atomic E-state index is 0.466. The van der Waals surface area contributed by atoms with Gasteiger partial charge in [-0.1, -0.05) is 0 Å². The zero-order valence-electron chi connectivity index (χ0n) is 9.38. The zero-order chi connectivity index (χ0) is 12.3. The maximum absolute atomic E-state index is 8.85. The summed E-state index contributed by atoms with van der Waals surface area (Å²) < 4.78 is 1.83. The Labute approximate surface area is 98.7 Å². The summed E-state index contributed by atoms with van der Waals surface area (Å²) >= 11 is 0. The number of anilines is 2. The van der Waals surface area contributed by atoms with Crippen molar-refractivity contribution in [1.29, 1.82) is 5.26 Å². The quantitative estimate of drug-likeness (QED) is 0.761. The molecule has 0 saturated carbocycles. The van der Waals surface area contributed by atoms with Crippen molar-refractivity contribution in [3.63, 3.8) is 0 Å². The van der Waals surface area contributed by atoms with E-state index in [9.17, 15) is 0 Å². The molecule has 0 atom stereocenters. The summed E-state index contributed by atoms with van der Waals surface area (Å²) in [7, 11) is 1.88. The number of hydrogen-bond acceptors (Lipinski definition) is 5. The lowest BCUT2D eigenvalue weighted by molar-refractivity contribution is 0.812. The molecule has 6 heteroatoms. The molecule has 6 nitrogen and oxygen atoms in total. The van der Waals surface area contributed by atoms with Crippen LogP contribution in [0.4, 0.5) is 11.4 Å². The van der Waals surface area contributed by atoms with Gasteiger partial charge >= 0.3 is 0 Å². The molecule has 1 aromatic carbocycles. The Hall–Kier alpha value is -2.55. The third-order valence-corrected chi connectivity index (χ3v) is 2.43. The lowest BCUT2D eigenvalue weighted by atomic mass is 10.2. The highest BCUT2D eigenvalue weighted by Crippen LogP contribution is 2.17. The van der Waals surface area contributed by atoms with Crippen LogP contribution in [0.1, 0.15) is 11.4 Å². The van der Waals surface area contributed by atoms with Crippen LogP contribution in [-0.2, 0) is 13.6 Å². The smallest absolute Gasteiger partial charge is 0.151 e. The van der Waals surface area contributed by atoms with Gasteiger partial charge in [0.05, 0.1) is 12.1 Å². The molecule has 2 aromatic rings. The highest BCUT2D eigenvalue weighted by Gasteiger charge is 2.02. The molecule has 86 valence electrons. The van der Waals surface area contributed by atoms with Gasteiger partial charge in [-0.25, -0.2) is 0 Å². The van der Waals surface area contributed by atoms with Gasteiger partial charge in [-0.15, -0.1) is 10.2 Å². The van der Waals surface area contributed by atoms with Crippen LogP contribution in [0, 0.1) is 11.3 Å². The van der Waals surface area contributed by atoms with Gasteiger partial charge < -0.3 is 15.6 Å². The SMILES string of the molecule is Cn1cnnc1CNc1ccc(N)c(C#N)c1. The van der Waals surface area contributed by atoms with Crippen LogP contribution in [0.3, 0.4) is 0 Å². The summed E-state index contributed by atoms with van der Waals surface area (Å²) in [6.07, 6.45) is 1.64.